The summed E-state index contributed by atoms with van der Waals surface area (Å²) in [7, 11) is 0. The highest BCUT2D eigenvalue weighted by Crippen LogP contribution is 2.40. The molecule has 6 nitrogen and oxygen atoms in total. The molecule has 2 rings (SSSR count). The van der Waals surface area contributed by atoms with E-state index in [9.17, 15) is 24.9 Å². The predicted molar refractivity (Wildman–Crippen MR) is 70.3 cm³/mol. The number of aliphatic carboxylic acids is 1. The van der Waals surface area contributed by atoms with E-state index in [-0.39, 0.29) is 29.0 Å². The number of hydrogen-bond acceptors (Lipinski definition) is 4. The zero-order valence-corrected chi connectivity index (χ0v) is 11.3. The average molecular weight is 279 g/mol. The van der Waals surface area contributed by atoms with Gasteiger partial charge in [0.25, 0.3) is 0 Å². The first-order valence-corrected chi connectivity index (χ1v) is 6.33. The Balaban J connectivity index is 2.58. The Bertz CT molecular complexity index is 546. The maximum atomic E-state index is 11.9. The van der Waals surface area contributed by atoms with Gasteiger partial charge in [-0.25, -0.2) is 4.79 Å². The number of benzene rings is 1. The van der Waals surface area contributed by atoms with E-state index >= 15 is 0 Å². The van der Waals surface area contributed by atoms with Gasteiger partial charge >= 0.3 is 5.97 Å². The van der Waals surface area contributed by atoms with E-state index in [1.165, 1.54) is 30.9 Å². The van der Waals surface area contributed by atoms with Crippen molar-refractivity contribution in [3.63, 3.8) is 0 Å². The molecule has 0 aliphatic heterocycles. The van der Waals surface area contributed by atoms with Crippen LogP contribution in [0.3, 0.4) is 0 Å². The molecule has 1 aliphatic rings. The molecule has 20 heavy (non-hydrogen) atoms. The summed E-state index contributed by atoms with van der Waals surface area (Å²) in [4.78, 5) is 24.9. The molecule has 0 saturated heterocycles. The molecule has 1 saturated carbocycles. The minimum atomic E-state index is -1.62. The van der Waals surface area contributed by atoms with Crippen LogP contribution in [0.5, 0.6) is 11.5 Å². The second-order valence-corrected chi connectivity index (χ2v) is 5.24. The predicted octanol–water partition coefficient (Wildman–Crippen LogP) is 1.41. The highest BCUT2D eigenvalue weighted by Gasteiger charge is 2.49. The number of rotatable bonds is 4. The molecule has 0 heterocycles. The summed E-state index contributed by atoms with van der Waals surface area (Å²) in [5, 5.41) is 28.7. The molecule has 0 bridgehead atoms. The van der Waals surface area contributed by atoms with Crippen LogP contribution in [0.1, 0.15) is 32.3 Å². The first-order valence-electron chi connectivity index (χ1n) is 6.33. The van der Waals surface area contributed by atoms with Gasteiger partial charge < -0.3 is 20.2 Å². The number of carboxylic acids is 1. The quantitative estimate of drug-likeness (QED) is 0.774. The summed E-state index contributed by atoms with van der Waals surface area (Å²) in [6.07, 6.45) is 1.51. The van der Waals surface area contributed by atoms with Gasteiger partial charge in [0.2, 0.25) is 5.91 Å². The lowest BCUT2D eigenvalue weighted by atomic mass is 9.89. The van der Waals surface area contributed by atoms with Crippen LogP contribution in [0.15, 0.2) is 18.2 Å². The molecule has 1 unspecified atom stereocenters. The van der Waals surface area contributed by atoms with Crippen LogP contribution in [0, 0.1) is 0 Å². The Morgan fingerprint density at radius 2 is 1.70 bits per heavy atom. The summed E-state index contributed by atoms with van der Waals surface area (Å²) in [6, 6.07) is 3.51. The van der Waals surface area contributed by atoms with Gasteiger partial charge in [0, 0.05) is 19.0 Å². The van der Waals surface area contributed by atoms with E-state index in [4.69, 9.17) is 0 Å². The largest absolute Gasteiger partial charge is 0.508 e. The number of nitrogens with zero attached hydrogens (tertiary/aromatic N) is 1. The van der Waals surface area contributed by atoms with E-state index in [1.54, 1.807) is 0 Å². The van der Waals surface area contributed by atoms with Crippen molar-refractivity contribution in [3.8, 4) is 11.5 Å². The molecule has 1 fully saturated rings. The van der Waals surface area contributed by atoms with Crippen molar-refractivity contribution in [2.45, 2.75) is 38.3 Å². The van der Waals surface area contributed by atoms with Gasteiger partial charge in [0.15, 0.2) is 5.54 Å². The summed E-state index contributed by atoms with van der Waals surface area (Å²) in [5.74, 6) is -2.04. The number of amides is 1. The first kappa shape index (κ1) is 14.2. The molecule has 1 aromatic carbocycles. The van der Waals surface area contributed by atoms with Gasteiger partial charge in [-0.05, 0) is 37.5 Å². The lowest BCUT2D eigenvalue weighted by Crippen LogP contribution is -2.53. The Morgan fingerprint density at radius 1 is 1.20 bits per heavy atom. The van der Waals surface area contributed by atoms with E-state index in [0.29, 0.717) is 0 Å². The van der Waals surface area contributed by atoms with Crippen LogP contribution in [-0.4, -0.2) is 38.1 Å². The van der Waals surface area contributed by atoms with Crippen LogP contribution in [0.4, 0.5) is 0 Å². The monoisotopic (exact) mass is 279 g/mol. The zero-order chi connectivity index (χ0) is 15.1. The van der Waals surface area contributed by atoms with E-state index in [1.807, 2.05) is 0 Å². The molecule has 1 amide bonds. The lowest BCUT2D eigenvalue weighted by Gasteiger charge is -2.38. The number of hydrogen-bond donors (Lipinski definition) is 3. The number of phenols is 2. The highest BCUT2D eigenvalue weighted by molar-refractivity contribution is 5.87. The molecule has 0 aromatic heterocycles. The fraction of sp³-hybridized carbons (Fsp3) is 0.429. The number of carbonyl (C=O) groups excluding carboxylic acids is 1. The van der Waals surface area contributed by atoms with Crippen LogP contribution in [0.2, 0.25) is 0 Å². The summed E-state index contributed by atoms with van der Waals surface area (Å²) < 4.78 is 0. The topological polar surface area (TPSA) is 98.1 Å². The third-order valence-corrected chi connectivity index (χ3v) is 3.61. The number of phenolic OH excluding ortho intramolecular Hbond substituents is 2. The smallest absolute Gasteiger partial charge is 0.334 e. The fourth-order valence-corrected chi connectivity index (χ4v) is 2.51. The standard InChI is InChI=1S/C14H17NO5/c1-8(16)15(10-3-4-10)14(2,13(19)20)9-5-11(17)7-12(18)6-9/h5-7,10,17-18H,3-4H2,1-2H3,(H,19,20). The van der Waals surface area contributed by atoms with E-state index in [0.717, 1.165) is 18.9 Å². The number of carbonyl (C=O) groups is 2. The average Bonchev–Trinajstić information content (AvgIpc) is 3.11. The Morgan fingerprint density at radius 3 is 2.05 bits per heavy atom. The van der Waals surface area contributed by atoms with Crippen molar-refractivity contribution in [1.82, 2.24) is 4.90 Å². The lowest BCUT2D eigenvalue weighted by molar-refractivity contribution is -0.159. The van der Waals surface area contributed by atoms with Gasteiger partial charge in [-0.1, -0.05) is 0 Å². The third-order valence-electron chi connectivity index (χ3n) is 3.61. The van der Waals surface area contributed by atoms with Gasteiger partial charge in [0.05, 0.1) is 0 Å². The third kappa shape index (κ3) is 2.29. The molecule has 1 aliphatic carbocycles. The molecule has 1 aromatic rings. The second kappa shape index (κ2) is 4.70. The molecule has 1 atom stereocenters. The maximum absolute atomic E-state index is 11.9. The molecular formula is C14H17NO5. The van der Waals surface area contributed by atoms with Crippen molar-refractivity contribution < 1.29 is 24.9 Å². The number of aromatic hydroxyl groups is 2. The Labute approximate surface area is 116 Å². The van der Waals surface area contributed by atoms with Crippen LogP contribution < -0.4 is 0 Å². The van der Waals surface area contributed by atoms with E-state index < -0.39 is 11.5 Å². The number of carboxylic acid groups (broad SMARTS) is 1. The molecule has 6 heteroatoms. The normalized spacial score (nSPS) is 17.3. The van der Waals surface area contributed by atoms with Gasteiger partial charge in [-0.15, -0.1) is 0 Å². The summed E-state index contributed by atoms with van der Waals surface area (Å²) in [5.41, 5.74) is -1.45. The summed E-state index contributed by atoms with van der Waals surface area (Å²) >= 11 is 0. The second-order valence-electron chi connectivity index (χ2n) is 5.24. The van der Waals surface area contributed by atoms with Crippen LogP contribution >= 0.6 is 0 Å². The molecule has 108 valence electrons. The van der Waals surface area contributed by atoms with Gasteiger partial charge in [-0.2, -0.15) is 0 Å². The first-order chi connectivity index (χ1) is 9.26. The minimum Gasteiger partial charge on any atom is -0.508 e. The fourth-order valence-electron chi connectivity index (χ4n) is 2.51. The van der Waals surface area contributed by atoms with Crippen molar-refractivity contribution in [1.29, 1.82) is 0 Å². The SMILES string of the molecule is CC(=O)N(C1CC1)C(C)(C(=O)O)c1cc(O)cc(O)c1. The molecule has 3 N–H and O–H groups in total. The zero-order valence-electron chi connectivity index (χ0n) is 11.3. The van der Waals surface area contributed by atoms with E-state index in [2.05, 4.69) is 0 Å². The summed E-state index contributed by atoms with van der Waals surface area (Å²) in [6.45, 7) is 2.73. The Hall–Kier alpha value is -2.24. The van der Waals surface area contributed by atoms with Crippen molar-refractivity contribution >= 4 is 11.9 Å². The van der Waals surface area contributed by atoms with Crippen molar-refractivity contribution in [3.05, 3.63) is 23.8 Å². The van der Waals surface area contributed by atoms with Crippen LogP contribution in [-0.2, 0) is 15.1 Å². The molecule has 0 spiro atoms. The Kier molecular flexibility index (Phi) is 3.33. The maximum Gasteiger partial charge on any atom is 0.334 e. The van der Waals surface area contributed by atoms with Crippen molar-refractivity contribution in [2.75, 3.05) is 0 Å². The minimum absolute atomic E-state index is 0.113. The van der Waals surface area contributed by atoms with Crippen LogP contribution in [0.25, 0.3) is 0 Å². The van der Waals surface area contributed by atoms with Crippen molar-refractivity contribution in [2.24, 2.45) is 0 Å². The molecular weight excluding hydrogens is 262 g/mol. The highest BCUT2D eigenvalue weighted by atomic mass is 16.4. The van der Waals surface area contributed by atoms with Gasteiger partial charge in [-0.3, -0.25) is 4.79 Å². The molecule has 0 radical (unpaired) electrons. The van der Waals surface area contributed by atoms with Gasteiger partial charge in [0.1, 0.15) is 11.5 Å².